The topological polar surface area (TPSA) is 60.8 Å². The van der Waals surface area contributed by atoms with E-state index in [2.05, 4.69) is 0 Å². The third-order valence-electron chi connectivity index (χ3n) is 2.19. The van der Waals surface area contributed by atoms with Gasteiger partial charge >= 0.3 is 0 Å². The molecule has 1 aromatic rings. The zero-order valence-electron chi connectivity index (χ0n) is 9.07. The monoisotopic (exact) mass is 245 g/mol. The Bertz CT molecular complexity index is 392. The van der Waals surface area contributed by atoms with Crippen molar-refractivity contribution in [3.05, 3.63) is 35.4 Å². The van der Waals surface area contributed by atoms with Gasteiger partial charge in [-0.15, -0.1) is 0 Å². The van der Waals surface area contributed by atoms with Gasteiger partial charge in [0.1, 0.15) is 11.6 Å². The molecule has 0 unspecified atom stereocenters. The summed E-state index contributed by atoms with van der Waals surface area (Å²) >= 11 is 0. The van der Waals surface area contributed by atoms with Crippen LogP contribution >= 0.6 is 0 Å². The van der Waals surface area contributed by atoms with Crippen molar-refractivity contribution >= 4 is 5.91 Å². The van der Waals surface area contributed by atoms with Crippen LogP contribution in [0.3, 0.4) is 0 Å². The van der Waals surface area contributed by atoms with Crippen molar-refractivity contribution in [1.82, 2.24) is 4.90 Å². The van der Waals surface area contributed by atoms with Crippen molar-refractivity contribution < 1.29 is 23.8 Å². The van der Waals surface area contributed by atoms with Gasteiger partial charge in [0.2, 0.25) is 0 Å². The number of carbonyl (C=O) groups is 1. The fourth-order valence-corrected chi connectivity index (χ4v) is 1.39. The van der Waals surface area contributed by atoms with E-state index in [1.807, 2.05) is 0 Å². The van der Waals surface area contributed by atoms with Crippen LogP contribution in [0.1, 0.15) is 10.4 Å². The van der Waals surface area contributed by atoms with Crippen molar-refractivity contribution in [2.45, 2.75) is 0 Å². The summed E-state index contributed by atoms with van der Waals surface area (Å²) in [7, 11) is 0. The number of halogens is 2. The van der Waals surface area contributed by atoms with E-state index in [0.717, 1.165) is 17.0 Å². The molecule has 0 fully saturated rings. The number of carbonyl (C=O) groups excluding carboxylic acids is 1. The molecule has 0 atom stereocenters. The molecule has 6 heteroatoms. The minimum Gasteiger partial charge on any atom is -0.395 e. The predicted octanol–water partition coefficient (Wildman–Crippen LogP) is 0.392. The van der Waals surface area contributed by atoms with Gasteiger partial charge in [0.05, 0.1) is 18.8 Å². The second-order valence-corrected chi connectivity index (χ2v) is 3.36. The first-order valence-electron chi connectivity index (χ1n) is 5.06. The van der Waals surface area contributed by atoms with Crippen molar-refractivity contribution in [1.29, 1.82) is 0 Å². The molecular weight excluding hydrogens is 232 g/mol. The van der Waals surface area contributed by atoms with Gasteiger partial charge in [0.25, 0.3) is 5.91 Å². The maximum Gasteiger partial charge on any atom is 0.256 e. The Labute approximate surface area is 97.1 Å². The maximum atomic E-state index is 13.3. The van der Waals surface area contributed by atoms with E-state index in [9.17, 15) is 13.6 Å². The highest BCUT2D eigenvalue weighted by Crippen LogP contribution is 2.12. The lowest BCUT2D eigenvalue weighted by Gasteiger charge is -2.20. The molecule has 94 valence electrons. The summed E-state index contributed by atoms with van der Waals surface area (Å²) in [5.74, 6) is -2.42. The molecule has 4 nitrogen and oxygen atoms in total. The summed E-state index contributed by atoms with van der Waals surface area (Å²) in [6, 6.07) is 2.63. The molecule has 0 heterocycles. The quantitative estimate of drug-likeness (QED) is 0.789. The van der Waals surface area contributed by atoms with E-state index < -0.39 is 17.5 Å². The normalized spacial score (nSPS) is 10.4. The molecule has 0 aromatic heterocycles. The van der Waals surface area contributed by atoms with Crippen molar-refractivity contribution in [2.75, 3.05) is 26.3 Å². The molecule has 0 spiro atoms. The van der Waals surface area contributed by atoms with Crippen LogP contribution in [0.25, 0.3) is 0 Å². The number of rotatable bonds is 5. The van der Waals surface area contributed by atoms with Gasteiger partial charge in [-0.3, -0.25) is 4.79 Å². The lowest BCUT2D eigenvalue weighted by Crippen LogP contribution is -2.36. The number of benzene rings is 1. The number of hydrogen-bond donors (Lipinski definition) is 2. The Morgan fingerprint density at radius 1 is 1.18 bits per heavy atom. The van der Waals surface area contributed by atoms with Crippen molar-refractivity contribution in [3.63, 3.8) is 0 Å². The molecule has 0 radical (unpaired) electrons. The summed E-state index contributed by atoms with van der Waals surface area (Å²) in [6.45, 7) is -0.629. The number of amides is 1. The average molecular weight is 245 g/mol. The SMILES string of the molecule is O=C(c1ccc(F)cc1F)N(CCO)CCO. The van der Waals surface area contributed by atoms with Gasteiger partial charge in [0.15, 0.2) is 0 Å². The van der Waals surface area contributed by atoms with E-state index in [1.165, 1.54) is 0 Å². The lowest BCUT2D eigenvalue weighted by atomic mass is 10.2. The Kier molecular flexibility index (Phi) is 4.99. The molecular formula is C11H13F2NO3. The first kappa shape index (κ1) is 13.5. The van der Waals surface area contributed by atoms with Crippen molar-refractivity contribution in [2.24, 2.45) is 0 Å². The number of aliphatic hydroxyl groups is 2. The Morgan fingerprint density at radius 3 is 2.24 bits per heavy atom. The lowest BCUT2D eigenvalue weighted by molar-refractivity contribution is 0.0680. The fourth-order valence-electron chi connectivity index (χ4n) is 1.39. The van der Waals surface area contributed by atoms with E-state index in [1.54, 1.807) is 0 Å². The molecule has 2 N–H and O–H groups in total. The minimum absolute atomic E-state index is 0.0176. The third-order valence-corrected chi connectivity index (χ3v) is 2.19. The Hall–Kier alpha value is -1.53. The van der Waals surface area contributed by atoms with Crippen LogP contribution in [0.2, 0.25) is 0 Å². The highest BCUT2D eigenvalue weighted by atomic mass is 19.1. The minimum atomic E-state index is -0.962. The van der Waals surface area contributed by atoms with Gasteiger partial charge in [0, 0.05) is 19.2 Å². The number of nitrogens with zero attached hydrogens (tertiary/aromatic N) is 1. The summed E-state index contributed by atoms with van der Waals surface area (Å²) in [4.78, 5) is 12.9. The summed E-state index contributed by atoms with van der Waals surface area (Å²) in [5.41, 5.74) is -0.284. The van der Waals surface area contributed by atoms with Crippen LogP contribution in [-0.2, 0) is 0 Å². The van der Waals surface area contributed by atoms with Gasteiger partial charge in [-0.05, 0) is 12.1 Å². The summed E-state index contributed by atoms with van der Waals surface area (Å²) in [6.07, 6.45) is 0. The average Bonchev–Trinajstić information content (AvgIpc) is 2.28. The zero-order valence-corrected chi connectivity index (χ0v) is 9.07. The van der Waals surface area contributed by atoms with Crippen LogP contribution in [-0.4, -0.2) is 47.3 Å². The Balaban J connectivity index is 2.92. The summed E-state index contributed by atoms with van der Waals surface area (Å²) < 4.78 is 26.0. The van der Waals surface area contributed by atoms with E-state index in [4.69, 9.17) is 10.2 Å². The fraction of sp³-hybridized carbons (Fsp3) is 0.364. The van der Waals surface area contributed by atoms with E-state index in [-0.39, 0.29) is 31.9 Å². The first-order valence-corrected chi connectivity index (χ1v) is 5.06. The highest BCUT2D eigenvalue weighted by Gasteiger charge is 2.18. The molecule has 0 saturated carbocycles. The second kappa shape index (κ2) is 6.27. The Morgan fingerprint density at radius 2 is 1.76 bits per heavy atom. The van der Waals surface area contributed by atoms with Gasteiger partial charge in [-0.25, -0.2) is 8.78 Å². The molecule has 1 amide bonds. The van der Waals surface area contributed by atoms with E-state index >= 15 is 0 Å². The predicted molar refractivity (Wildman–Crippen MR) is 56.4 cm³/mol. The zero-order chi connectivity index (χ0) is 12.8. The molecule has 17 heavy (non-hydrogen) atoms. The molecule has 0 aliphatic heterocycles. The largest absolute Gasteiger partial charge is 0.395 e. The molecule has 0 bridgehead atoms. The highest BCUT2D eigenvalue weighted by molar-refractivity contribution is 5.94. The molecule has 0 aliphatic rings. The van der Waals surface area contributed by atoms with Gasteiger partial charge in [-0.1, -0.05) is 0 Å². The standard InChI is InChI=1S/C11H13F2NO3/c12-8-1-2-9(10(13)7-8)11(17)14(3-5-15)4-6-16/h1-2,7,15-16H,3-6H2. The molecule has 1 rings (SSSR count). The van der Waals surface area contributed by atoms with Crippen LogP contribution in [0.15, 0.2) is 18.2 Å². The van der Waals surface area contributed by atoms with Crippen LogP contribution < -0.4 is 0 Å². The molecule has 1 aromatic carbocycles. The number of hydrogen-bond acceptors (Lipinski definition) is 3. The first-order chi connectivity index (χ1) is 8.10. The van der Waals surface area contributed by atoms with Crippen LogP contribution in [0.4, 0.5) is 8.78 Å². The molecule has 0 aliphatic carbocycles. The second-order valence-electron chi connectivity index (χ2n) is 3.36. The van der Waals surface area contributed by atoms with Crippen LogP contribution in [0.5, 0.6) is 0 Å². The third kappa shape index (κ3) is 3.47. The molecule has 0 saturated heterocycles. The maximum absolute atomic E-state index is 13.3. The van der Waals surface area contributed by atoms with Gasteiger partial charge in [-0.2, -0.15) is 0 Å². The summed E-state index contributed by atoms with van der Waals surface area (Å²) in [5, 5.41) is 17.5. The van der Waals surface area contributed by atoms with Crippen LogP contribution in [0, 0.1) is 11.6 Å². The van der Waals surface area contributed by atoms with Gasteiger partial charge < -0.3 is 15.1 Å². The smallest absolute Gasteiger partial charge is 0.256 e. The van der Waals surface area contributed by atoms with E-state index in [0.29, 0.717) is 6.07 Å². The number of aliphatic hydroxyl groups excluding tert-OH is 2. The van der Waals surface area contributed by atoms with Crippen molar-refractivity contribution in [3.8, 4) is 0 Å².